The number of esters is 1. The fourth-order valence-electron chi connectivity index (χ4n) is 3.00. The number of ether oxygens (including phenoxy) is 1. The molecule has 0 aliphatic carbocycles. The summed E-state index contributed by atoms with van der Waals surface area (Å²) in [5.41, 5.74) is 0.478. The summed E-state index contributed by atoms with van der Waals surface area (Å²) >= 11 is 0. The van der Waals surface area contributed by atoms with Gasteiger partial charge in [0.05, 0.1) is 0 Å². The van der Waals surface area contributed by atoms with E-state index in [2.05, 4.69) is 25.3 Å². The minimum Gasteiger partial charge on any atom is -0.443 e. The number of carbonyl (C=O) groups is 1. The molecule has 0 aliphatic rings. The predicted octanol–water partition coefficient (Wildman–Crippen LogP) is 6.47. The van der Waals surface area contributed by atoms with Gasteiger partial charge in [-0.15, -0.1) is 0 Å². The van der Waals surface area contributed by atoms with Gasteiger partial charge in [-0.25, -0.2) is 4.79 Å². The van der Waals surface area contributed by atoms with Crippen molar-refractivity contribution in [1.29, 1.82) is 0 Å². The molecule has 3 heteroatoms. The molecule has 0 saturated carbocycles. The van der Waals surface area contributed by atoms with Crippen LogP contribution in [-0.2, 0) is 9.53 Å². The second kappa shape index (κ2) is 16.6. The summed E-state index contributed by atoms with van der Waals surface area (Å²) in [7, 11) is 0. The van der Waals surface area contributed by atoms with Gasteiger partial charge in [-0.1, -0.05) is 84.6 Å². The third-order valence-electron chi connectivity index (χ3n) is 4.74. The van der Waals surface area contributed by atoms with Crippen LogP contribution in [0.15, 0.2) is 12.2 Å². The Balaban J connectivity index is 4.20. The largest absolute Gasteiger partial charge is 0.443 e. The monoisotopic (exact) mass is 353 g/mol. The lowest BCUT2D eigenvalue weighted by Crippen LogP contribution is -2.38. The molecule has 25 heavy (non-hydrogen) atoms. The van der Waals surface area contributed by atoms with Crippen LogP contribution in [0.4, 0.5) is 0 Å². The topological polar surface area (TPSA) is 29.5 Å². The molecule has 0 N–H and O–H groups in total. The van der Waals surface area contributed by atoms with Crippen LogP contribution >= 0.6 is 0 Å². The van der Waals surface area contributed by atoms with Crippen LogP contribution in [0.2, 0.25) is 0 Å². The maximum absolute atomic E-state index is 11.8. The highest BCUT2D eigenvalue weighted by Gasteiger charge is 2.17. The Hall–Kier alpha value is -0.830. The standard InChI is InChI=1S/C22H43NO2/c1-6-8-10-12-14-16-18-23(19-17-15-13-11-9-7-2)21(5)25-22(24)20(3)4/h21H,3,6-19H2,1-2,4-5H3. The van der Waals surface area contributed by atoms with Crippen LogP contribution in [0.25, 0.3) is 0 Å². The van der Waals surface area contributed by atoms with E-state index in [-0.39, 0.29) is 12.2 Å². The van der Waals surface area contributed by atoms with Gasteiger partial charge in [0.15, 0.2) is 6.23 Å². The number of carbonyl (C=O) groups excluding carboxylic acids is 1. The van der Waals surface area contributed by atoms with E-state index in [1.165, 1.54) is 77.0 Å². The summed E-state index contributed by atoms with van der Waals surface area (Å²) in [6.45, 7) is 13.9. The van der Waals surface area contributed by atoms with E-state index in [9.17, 15) is 4.79 Å². The van der Waals surface area contributed by atoms with Crippen LogP contribution < -0.4 is 0 Å². The lowest BCUT2D eigenvalue weighted by Gasteiger charge is -2.29. The third kappa shape index (κ3) is 14.1. The summed E-state index contributed by atoms with van der Waals surface area (Å²) in [4.78, 5) is 14.1. The number of hydrogen-bond donors (Lipinski definition) is 0. The first kappa shape index (κ1) is 24.2. The molecule has 0 aromatic rings. The van der Waals surface area contributed by atoms with Crippen molar-refractivity contribution in [1.82, 2.24) is 4.90 Å². The Bertz CT molecular complexity index is 325. The minimum atomic E-state index is -0.275. The highest BCUT2D eigenvalue weighted by molar-refractivity contribution is 5.87. The van der Waals surface area contributed by atoms with Gasteiger partial charge < -0.3 is 4.74 Å². The van der Waals surface area contributed by atoms with Gasteiger partial charge in [0.1, 0.15) is 0 Å². The summed E-state index contributed by atoms with van der Waals surface area (Å²) in [6.07, 6.45) is 15.3. The molecule has 3 nitrogen and oxygen atoms in total. The molecule has 0 spiro atoms. The molecule has 0 heterocycles. The van der Waals surface area contributed by atoms with E-state index < -0.39 is 0 Å². The predicted molar refractivity (Wildman–Crippen MR) is 109 cm³/mol. The molecule has 0 rings (SSSR count). The Kier molecular flexibility index (Phi) is 16.1. The molecule has 0 radical (unpaired) electrons. The maximum atomic E-state index is 11.8. The van der Waals surface area contributed by atoms with Crippen molar-refractivity contribution in [3.63, 3.8) is 0 Å². The lowest BCUT2D eigenvalue weighted by atomic mass is 10.1. The first-order chi connectivity index (χ1) is 12.0. The highest BCUT2D eigenvalue weighted by atomic mass is 16.6. The van der Waals surface area contributed by atoms with Crippen molar-refractivity contribution < 1.29 is 9.53 Å². The Morgan fingerprint density at radius 3 is 1.64 bits per heavy atom. The van der Waals surface area contributed by atoms with Crippen molar-refractivity contribution in [2.45, 2.75) is 111 Å². The fraction of sp³-hybridized carbons (Fsp3) is 0.864. The van der Waals surface area contributed by atoms with E-state index in [0.29, 0.717) is 5.57 Å². The van der Waals surface area contributed by atoms with Gasteiger partial charge in [-0.3, -0.25) is 4.90 Å². The molecule has 1 atom stereocenters. The molecule has 0 aromatic heterocycles. The second-order valence-electron chi connectivity index (χ2n) is 7.36. The van der Waals surface area contributed by atoms with E-state index in [0.717, 1.165) is 13.1 Å². The average Bonchev–Trinajstić information content (AvgIpc) is 2.58. The van der Waals surface area contributed by atoms with E-state index >= 15 is 0 Å². The molecule has 0 amide bonds. The SMILES string of the molecule is C=C(C)C(=O)OC(C)N(CCCCCCCC)CCCCCCCC. The molecule has 148 valence electrons. The number of unbranched alkanes of at least 4 members (excludes halogenated alkanes) is 10. The zero-order valence-electron chi connectivity index (χ0n) is 17.4. The van der Waals surface area contributed by atoms with Crippen molar-refractivity contribution in [3.8, 4) is 0 Å². The number of hydrogen-bond acceptors (Lipinski definition) is 3. The summed E-state index contributed by atoms with van der Waals surface area (Å²) in [6, 6.07) is 0. The molecule has 0 aromatic carbocycles. The van der Waals surface area contributed by atoms with Crippen LogP contribution in [-0.4, -0.2) is 30.2 Å². The molecular formula is C22H43NO2. The summed E-state index contributed by atoms with van der Waals surface area (Å²) in [5, 5.41) is 0. The maximum Gasteiger partial charge on any atom is 0.334 e. The summed E-state index contributed by atoms with van der Waals surface area (Å²) in [5.74, 6) is -0.275. The van der Waals surface area contributed by atoms with E-state index in [1.807, 2.05) is 6.92 Å². The Morgan fingerprint density at radius 1 is 0.840 bits per heavy atom. The van der Waals surface area contributed by atoms with Crippen molar-refractivity contribution in [3.05, 3.63) is 12.2 Å². The van der Waals surface area contributed by atoms with Gasteiger partial charge in [0.25, 0.3) is 0 Å². The Labute approximate surface area is 157 Å². The number of rotatable bonds is 17. The molecule has 0 aliphatic heterocycles. The van der Waals surface area contributed by atoms with Crippen LogP contribution in [0.3, 0.4) is 0 Å². The zero-order chi connectivity index (χ0) is 18.9. The van der Waals surface area contributed by atoms with Crippen molar-refractivity contribution >= 4 is 5.97 Å². The number of nitrogens with zero attached hydrogens (tertiary/aromatic N) is 1. The molecule has 1 unspecified atom stereocenters. The van der Waals surface area contributed by atoms with Gasteiger partial charge in [-0.05, 0) is 26.7 Å². The van der Waals surface area contributed by atoms with Crippen LogP contribution in [0, 0.1) is 0 Å². The van der Waals surface area contributed by atoms with Crippen molar-refractivity contribution in [2.24, 2.45) is 0 Å². The van der Waals surface area contributed by atoms with E-state index in [4.69, 9.17) is 4.74 Å². The fourth-order valence-corrected chi connectivity index (χ4v) is 3.00. The third-order valence-corrected chi connectivity index (χ3v) is 4.74. The molecule has 0 saturated heterocycles. The second-order valence-corrected chi connectivity index (χ2v) is 7.36. The van der Waals surface area contributed by atoms with E-state index in [1.54, 1.807) is 6.92 Å². The van der Waals surface area contributed by atoms with Gasteiger partial charge in [-0.2, -0.15) is 0 Å². The van der Waals surface area contributed by atoms with Gasteiger partial charge in [0, 0.05) is 18.7 Å². The quantitative estimate of drug-likeness (QED) is 0.130. The average molecular weight is 354 g/mol. The summed E-state index contributed by atoms with van der Waals surface area (Å²) < 4.78 is 5.55. The molecule has 0 bridgehead atoms. The van der Waals surface area contributed by atoms with Crippen LogP contribution in [0.5, 0.6) is 0 Å². The first-order valence-corrected chi connectivity index (χ1v) is 10.6. The van der Waals surface area contributed by atoms with Crippen LogP contribution in [0.1, 0.15) is 105 Å². The van der Waals surface area contributed by atoms with Crippen molar-refractivity contribution in [2.75, 3.05) is 13.1 Å². The minimum absolute atomic E-state index is 0.157. The highest BCUT2D eigenvalue weighted by Crippen LogP contribution is 2.12. The molecular weight excluding hydrogens is 310 g/mol. The first-order valence-electron chi connectivity index (χ1n) is 10.6. The lowest BCUT2D eigenvalue weighted by molar-refractivity contribution is -0.152. The van der Waals surface area contributed by atoms with Gasteiger partial charge in [0.2, 0.25) is 0 Å². The normalized spacial score (nSPS) is 12.4. The Morgan fingerprint density at radius 2 is 1.24 bits per heavy atom. The zero-order valence-corrected chi connectivity index (χ0v) is 17.4. The molecule has 0 fully saturated rings. The van der Waals surface area contributed by atoms with Gasteiger partial charge >= 0.3 is 5.97 Å². The smallest absolute Gasteiger partial charge is 0.334 e.